The third-order valence-corrected chi connectivity index (χ3v) is 4.45. The number of ether oxygens (including phenoxy) is 1. The Hall–Kier alpha value is -2.41. The molecular weight excluding hydrogens is 304 g/mol. The fraction of sp³-hybridized carbons (Fsp3) is 0.267. The zero-order chi connectivity index (χ0) is 15.9. The molecule has 0 aromatic carbocycles. The second-order valence-corrected chi connectivity index (χ2v) is 5.61. The maximum atomic E-state index is 12.6. The normalized spacial score (nSPS) is 11.2. The molecule has 22 heavy (non-hydrogen) atoms. The molecule has 0 unspecified atom stereocenters. The van der Waals surface area contributed by atoms with Crippen LogP contribution in [0, 0.1) is 0 Å². The van der Waals surface area contributed by atoms with Crippen LogP contribution in [0.5, 0.6) is 0 Å². The summed E-state index contributed by atoms with van der Waals surface area (Å²) >= 11 is 0.899. The van der Waals surface area contributed by atoms with Crippen LogP contribution < -0.4 is 10.4 Å². The molecule has 0 fully saturated rings. The number of nitrogens with zero attached hydrogens (tertiary/aromatic N) is 2. The highest BCUT2D eigenvalue weighted by molar-refractivity contribution is 7.16. The number of hydrogen-bond donors (Lipinski definition) is 0. The van der Waals surface area contributed by atoms with E-state index in [1.807, 2.05) is 0 Å². The molecule has 6 nitrogen and oxygen atoms in total. The third kappa shape index (κ3) is 1.97. The Morgan fingerprint density at radius 2 is 2.05 bits per heavy atom. The maximum absolute atomic E-state index is 12.6. The molecule has 3 rings (SSSR count). The number of carbonyl (C=O) groups excluding carboxylic acids is 1. The lowest BCUT2D eigenvalue weighted by atomic mass is 10.2. The van der Waals surface area contributed by atoms with Gasteiger partial charge in [-0.25, -0.2) is 4.79 Å². The Bertz CT molecular complexity index is 996. The Morgan fingerprint density at radius 3 is 2.73 bits per heavy atom. The summed E-state index contributed by atoms with van der Waals surface area (Å²) in [7, 11) is 0. The summed E-state index contributed by atoms with van der Waals surface area (Å²) in [5, 5.41) is 0. The second-order valence-electron chi connectivity index (χ2n) is 4.65. The summed E-state index contributed by atoms with van der Waals surface area (Å²) < 4.78 is 8.27. The van der Waals surface area contributed by atoms with Gasteiger partial charge in [0.15, 0.2) is 0 Å². The number of rotatable bonds is 3. The molecule has 0 atom stereocenters. The summed E-state index contributed by atoms with van der Waals surface area (Å²) in [6.45, 7) is 3.97. The molecule has 0 saturated heterocycles. The smallest absolute Gasteiger partial charge is 0.341 e. The van der Waals surface area contributed by atoms with E-state index < -0.39 is 11.5 Å². The molecule has 7 heteroatoms. The van der Waals surface area contributed by atoms with Crippen LogP contribution in [0.15, 0.2) is 34.0 Å². The number of esters is 1. The van der Waals surface area contributed by atoms with Crippen LogP contribution in [0.1, 0.15) is 24.2 Å². The van der Waals surface area contributed by atoms with Gasteiger partial charge in [0.05, 0.1) is 16.8 Å². The monoisotopic (exact) mass is 318 g/mol. The highest BCUT2D eigenvalue weighted by Gasteiger charge is 2.23. The summed E-state index contributed by atoms with van der Waals surface area (Å²) in [4.78, 5) is 36.6. The van der Waals surface area contributed by atoms with Crippen LogP contribution in [0.2, 0.25) is 0 Å². The van der Waals surface area contributed by atoms with Gasteiger partial charge in [-0.05, 0) is 26.0 Å². The van der Waals surface area contributed by atoms with E-state index in [1.165, 1.54) is 4.57 Å². The Morgan fingerprint density at radius 1 is 1.27 bits per heavy atom. The molecule has 0 spiro atoms. The first kappa shape index (κ1) is 14.5. The van der Waals surface area contributed by atoms with Gasteiger partial charge in [0.2, 0.25) is 0 Å². The topological polar surface area (TPSA) is 69.8 Å². The number of carbonyl (C=O) groups is 1. The molecule has 0 saturated carbocycles. The fourth-order valence-corrected chi connectivity index (χ4v) is 3.58. The zero-order valence-corrected chi connectivity index (χ0v) is 13.0. The highest BCUT2D eigenvalue weighted by atomic mass is 32.1. The first-order valence-electron chi connectivity index (χ1n) is 6.94. The minimum atomic E-state index is -0.523. The molecule has 0 radical (unpaired) electrons. The van der Waals surface area contributed by atoms with Gasteiger partial charge in [-0.15, -0.1) is 0 Å². The van der Waals surface area contributed by atoms with E-state index in [9.17, 15) is 14.4 Å². The van der Waals surface area contributed by atoms with E-state index in [4.69, 9.17) is 4.74 Å². The van der Waals surface area contributed by atoms with Gasteiger partial charge in [-0.2, -0.15) is 0 Å². The quantitative estimate of drug-likeness (QED) is 0.691. The predicted molar refractivity (Wildman–Crippen MR) is 84.9 cm³/mol. The average molecular weight is 318 g/mol. The molecule has 0 aliphatic heterocycles. The van der Waals surface area contributed by atoms with Gasteiger partial charge in [0.1, 0.15) is 11.1 Å². The molecule has 0 N–H and O–H groups in total. The lowest BCUT2D eigenvalue weighted by molar-refractivity contribution is 0.0531. The minimum Gasteiger partial charge on any atom is -0.462 e. The Labute approximate surface area is 129 Å². The van der Waals surface area contributed by atoms with E-state index in [2.05, 4.69) is 0 Å². The average Bonchev–Trinajstić information content (AvgIpc) is 2.81. The van der Waals surface area contributed by atoms with E-state index in [0.717, 1.165) is 11.3 Å². The van der Waals surface area contributed by atoms with Crippen molar-refractivity contribution < 1.29 is 9.53 Å². The molecule has 0 amide bonds. The van der Waals surface area contributed by atoms with Gasteiger partial charge in [0.25, 0.3) is 5.56 Å². The van der Waals surface area contributed by atoms with Gasteiger partial charge in [-0.3, -0.25) is 14.2 Å². The van der Waals surface area contributed by atoms with Crippen molar-refractivity contribution >= 4 is 33.0 Å². The van der Waals surface area contributed by atoms with Crippen LogP contribution in [-0.4, -0.2) is 21.5 Å². The van der Waals surface area contributed by atoms with E-state index >= 15 is 0 Å². The summed E-state index contributed by atoms with van der Waals surface area (Å²) in [5.41, 5.74) is 0.792. The molecule has 0 aliphatic rings. The fourth-order valence-electron chi connectivity index (χ4n) is 2.51. The first-order valence-corrected chi connectivity index (χ1v) is 7.75. The molecule has 0 aliphatic carbocycles. The van der Waals surface area contributed by atoms with Crippen molar-refractivity contribution in [2.75, 3.05) is 6.61 Å². The number of pyridine rings is 1. The van der Waals surface area contributed by atoms with Crippen LogP contribution in [0.3, 0.4) is 0 Å². The van der Waals surface area contributed by atoms with Gasteiger partial charge in [0, 0.05) is 12.7 Å². The lowest BCUT2D eigenvalue weighted by Gasteiger charge is -2.01. The number of aromatic nitrogens is 2. The van der Waals surface area contributed by atoms with Crippen molar-refractivity contribution in [3.8, 4) is 0 Å². The Balaban J connectivity index is 2.56. The SMILES string of the molecule is CCOC(=O)c1c2sc(=O)n(CC)c(=O)c2n2ccccc12. The highest BCUT2D eigenvalue weighted by Crippen LogP contribution is 2.26. The van der Waals surface area contributed by atoms with Crippen molar-refractivity contribution in [3.63, 3.8) is 0 Å². The number of hydrogen-bond acceptors (Lipinski definition) is 5. The first-order chi connectivity index (χ1) is 10.6. The van der Waals surface area contributed by atoms with Crippen molar-refractivity contribution in [2.24, 2.45) is 0 Å². The summed E-state index contributed by atoms with van der Waals surface area (Å²) in [6, 6.07) is 5.28. The van der Waals surface area contributed by atoms with E-state index in [1.54, 1.807) is 42.6 Å². The Kier molecular flexibility index (Phi) is 3.58. The predicted octanol–water partition coefficient (Wildman–Crippen LogP) is 1.87. The molecule has 3 heterocycles. The zero-order valence-electron chi connectivity index (χ0n) is 12.2. The maximum Gasteiger partial charge on any atom is 0.341 e. The molecule has 3 aromatic rings. The minimum absolute atomic E-state index is 0.228. The largest absolute Gasteiger partial charge is 0.462 e. The molecule has 3 aromatic heterocycles. The van der Waals surface area contributed by atoms with E-state index in [-0.39, 0.29) is 17.0 Å². The van der Waals surface area contributed by atoms with Gasteiger partial charge >= 0.3 is 10.8 Å². The van der Waals surface area contributed by atoms with Crippen molar-refractivity contribution in [3.05, 3.63) is 50.0 Å². The third-order valence-electron chi connectivity index (χ3n) is 3.45. The van der Waals surface area contributed by atoms with Crippen LogP contribution >= 0.6 is 11.3 Å². The molecular formula is C15H14N2O4S. The van der Waals surface area contributed by atoms with Crippen molar-refractivity contribution in [2.45, 2.75) is 20.4 Å². The van der Waals surface area contributed by atoms with Crippen molar-refractivity contribution in [1.29, 1.82) is 0 Å². The van der Waals surface area contributed by atoms with Gasteiger partial charge in [-0.1, -0.05) is 17.4 Å². The molecule has 0 bridgehead atoms. The standard InChI is InChI=1S/C15H14N2O4S/c1-3-16-13(18)11-12(22-15(16)20)10(14(19)21-4-2)9-7-5-6-8-17(9)11/h5-8H,3-4H2,1-2H3. The molecule has 114 valence electrons. The number of fused-ring (bicyclic) bond motifs is 3. The van der Waals surface area contributed by atoms with Crippen LogP contribution in [-0.2, 0) is 11.3 Å². The van der Waals surface area contributed by atoms with E-state index in [0.29, 0.717) is 22.3 Å². The lowest BCUT2D eigenvalue weighted by Crippen LogP contribution is -2.30. The summed E-state index contributed by atoms with van der Waals surface area (Å²) in [6.07, 6.45) is 1.71. The van der Waals surface area contributed by atoms with Crippen LogP contribution in [0.4, 0.5) is 0 Å². The van der Waals surface area contributed by atoms with Crippen LogP contribution in [0.25, 0.3) is 15.7 Å². The second kappa shape index (κ2) is 5.42. The summed E-state index contributed by atoms with van der Waals surface area (Å²) in [5.74, 6) is -0.523. The van der Waals surface area contributed by atoms with Crippen molar-refractivity contribution in [1.82, 2.24) is 8.97 Å². The van der Waals surface area contributed by atoms with Gasteiger partial charge < -0.3 is 9.14 Å².